The summed E-state index contributed by atoms with van der Waals surface area (Å²) < 4.78 is 4.83. The Bertz CT molecular complexity index is 445. The molecular formula is C10H11ClN2O4. The molecular weight excluding hydrogens is 248 g/mol. The maximum absolute atomic E-state index is 12.1. The molecule has 0 bridgehead atoms. The maximum atomic E-state index is 12.1. The molecule has 0 radical (unpaired) electrons. The van der Waals surface area contributed by atoms with Crippen molar-refractivity contribution < 1.29 is 19.1 Å². The van der Waals surface area contributed by atoms with Gasteiger partial charge in [-0.25, -0.2) is 4.79 Å². The van der Waals surface area contributed by atoms with E-state index < -0.39 is 17.9 Å². The molecule has 1 aliphatic heterocycles. The van der Waals surface area contributed by atoms with Gasteiger partial charge in [0.1, 0.15) is 6.04 Å². The van der Waals surface area contributed by atoms with Crippen LogP contribution in [-0.4, -0.2) is 47.6 Å². The topological polar surface area (TPSA) is 82.8 Å². The summed E-state index contributed by atoms with van der Waals surface area (Å²) in [7, 11) is 0. The van der Waals surface area contributed by atoms with Crippen molar-refractivity contribution in [2.24, 2.45) is 0 Å². The van der Waals surface area contributed by atoms with Gasteiger partial charge in [-0.05, 0) is 17.7 Å². The van der Waals surface area contributed by atoms with Gasteiger partial charge >= 0.3 is 5.97 Å². The number of nitrogens with one attached hydrogen (secondary N) is 1. The molecule has 92 valence electrons. The Labute approximate surface area is 102 Å². The molecule has 0 saturated carbocycles. The van der Waals surface area contributed by atoms with Crippen LogP contribution in [0.25, 0.3) is 0 Å². The van der Waals surface area contributed by atoms with Crippen LogP contribution in [0.1, 0.15) is 10.4 Å². The molecule has 1 unspecified atom stereocenters. The highest BCUT2D eigenvalue weighted by molar-refractivity contribution is 6.32. The molecule has 1 fully saturated rings. The lowest BCUT2D eigenvalue weighted by molar-refractivity contribution is -0.142. The molecule has 1 aromatic heterocycles. The van der Waals surface area contributed by atoms with Crippen molar-refractivity contribution in [3.63, 3.8) is 0 Å². The van der Waals surface area contributed by atoms with Gasteiger partial charge in [-0.1, -0.05) is 0 Å². The predicted octanol–water partition coefficient (Wildman–Crippen LogP) is 0.432. The first-order valence-corrected chi connectivity index (χ1v) is 5.46. The average molecular weight is 259 g/mol. The van der Waals surface area contributed by atoms with E-state index in [-0.39, 0.29) is 17.3 Å². The van der Waals surface area contributed by atoms with Crippen LogP contribution in [0.3, 0.4) is 0 Å². The average Bonchev–Trinajstić information content (AvgIpc) is 2.74. The van der Waals surface area contributed by atoms with Crippen LogP contribution in [-0.2, 0) is 4.79 Å². The fourth-order valence-electron chi connectivity index (χ4n) is 1.77. The number of halogens is 1. The second kappa shape index (κ2) is 4.77. The number of furan rings is 1. The van der Waals surface area contributed by atoms with Gasteiger partial charge in [-0.3, -0.25) is 4.79 Å². The molecule has 2 N–H and O–H groups in total. The SMILES string of the molecule is O=C(O)C1CNCCN1C(=O)c1ccoc1Cl. The second-order valence-corrected chi connectivity index (χ2v) is 4.01. The van der Waals surface area contributed by atoms with Crippen LogP contribution in [0, 0.1) is 0 Å². The van der Waals surface area contributed by atoms with Crippen LogP contribution in [0.15, 0.2) is 16.7 Å². The minimum atomic E-state index is -1.04. The zero-order chi connectivity index (χ0) is 12.4. The summed E-state index contributed by atoms with van der Waals surface area (Å²) in [4.78, 5) is 24.4. The molecule has 1 amide bonds. The Morgan fingerprint density at radius 1 is 1.59 bits per heavy atom. The Morgan fingerprint density at radius 2 is 2.35 bits per heavy atom. The van der Waals surface area contributed by atoms with E-state index >= 15 is 0 Å². The predicted molar refractivity (Wildman–Crippen MR) is 59.0 cm³/mol. The third kappa shape index (κ3) is 2.27. The van der Waals surface area contributed by atoms with Gasteiger partial charge in [0.2, 0.25) is 5.22 Å². The molecule has 1 aliphatic rings. The van der Waals surface area contributed by atoms with Crippen molar-refractivity contribution in [2.45, 2.75) is 6.04 Å². The van der Waals surface area contributed by atoms with Gasteiger partial charge in [0.15, 0.2) is 0 Å². The molecule has 1 saturated heterocycles. The lowest BCUT2D eigenvalue weighted by Crippen LogP contribution is -2.56. The molecule has 1 atom stereocenters. The highest BCUT2D eigenvalue weighted by Gasteiger charge is 2.33. The highest BCUT2D eigenvalue weighted by Crippen LogP contribution is 2.20. The van der Waals surface area contributed by atoms with E-state index in [1.807, 2.05) is 0 Å². The van der Waals surface area contributed by atoms with Crippen molar-refractivity contribution >= 4 is 23.5 Å². The van der Waals surface area contributed by atoms with Crippen molar-refractivity contribution in [3.05, 3.63) is 23.1 Å². The Kier molecular flexibility index (Phi) is 3.35. The fraction of sp³-hybridized carbons (Fsp3) is 0.400. The number of aliphatic carboxylic acids is 1. The normalized spacial score (nSPS) is 20.3. The van der Waals surface area contributed by atoms with Gasteiger partial charge < -0.3 is 19.7 Å². The molecule has 2 heterocycles. The maximum Gasteiger partial charge on any atom is 0.327 e. The van der Waals surface area contributed by atoms with E-state index in [9.17, 15) is 9.59 Å². The van der Waals surface area contributed by atoms with Crippen LogP contribution >= 0.6 is 11.6 Å². The lowest BCUT2D eigenvalue weighted by Gasteiger charge is -2.33. The van der Waals surface area contributed by atoms with Gasteiger partial charge in [0, 0.05) is 19.6 Å². The number of piperazine rings is 1. The molecule has 0 aromatic carbocycles. The van der Waals surface area contributed by atoms with E-state index in [1.54, 1.807) is 0 Å². The van der Waals surface area contributed by atoms with E-state index in [0.29, 0.717) is 13.1 Å². The monoisotopic (exact) mass is 258 g/mol. The highest BCUT2D eigenvalue weighted by atomic mass is 35.5. The molecule has 7 heteroatoms. The first-order chi connectivity index (χ1) is 8.11. The molecule has 1 aromatic rings. The van der Waals surface area contributed by atoms with Gasteiger partial charge in [0.25, 0.3) is 5.91 Å². The minimum absolute atomic E-state index is 0.0160. The third-order valence-corrected chi connectivity index (χ3v) is 2.93. The number of carboxylic acids is 1. The fourth-order valence-corrected chi connectivity index (χ4v) is 1.96. The lowest BCUT2D eigenvalue weighted by atomic mass is 10.1. The summed E-state index contributed by atoms with van der Waals surface area (Å²) in [6.45, 7) is 1.12. The number of hydrogen-bond acceptors (Lipinski definition) is 4. The molecule has 6 nitrogen and oxygen atoms in total. The summed E-state index contributed by atoms with van der Waals surface area (Å²) in [5.41, 5.74) is 0.194. The Morgan fingerprint density at radius 3 is 2.94 bits per heavy atom. The van der Waals surface area contributed by atoms with E-state index in [2.05, 4.69) is 5.32 Å². The third-order valence-electron chi connectivity index (χ3n) is 2.64. The van der Waals surface area contributed by atoms with Crippen molar-refractivity contribution in [1.29, 1.82) is 0 Å². The Balaban J connectivity index is 2.23. The van der Waals surface area contributed by atoms with Crippen LogP contribution in [0.5, 0.6) is 0 Å². The Hall–Kier alpha value is -1.53. The summed E-state index contributed by atoms with van der Waals surface area (Å²) in [5.74, 6) is -1.46. The minimum Gasteiger partial charge on any atom is -0.480 e. The summed E-state index contributed by atoms with van der Waals surface area (Å²) in [6, 6.07) is 0.563. The summed E-state index contributed by atoms with van der Waals surface area (Å²) in [5, 5.41) is 11.9. The molecule has 0 aliphatic carbocycles. The van der Waals surface area contributed by atoms with Crippen molar-refractivity contribution in [1.82, 2.24) is 10.2 Å². The van der Waals surface area contributed by atoms with Crippen LogP contribution in [0.4, 0.5) is 0 Å². The molecule has 17 heavy (non-hydrogen) atoms. The number of carbonyl (C=O) groups excluding carboxylic acids is 1. The largest absolute Gasteiger partial charge is 0.480 e. The number of carboxylic acid groups (broad SMARTS) is 1. The summed E-state index contributed by atoms with van der Waals surface area (Å²) in [6.07, 6.45) is 1.30. The van der Waals surface area contributed by atoms with E-state index in [0.717, 1.165) is 0 Å². The van der Waals surface area contributed by atoms with Crippen LogP contribution in [0.2, 0.25) is 5.22 Å². The molecule has 2 rings (SSSR count). The van der Waals surface area contributed by atoms with Gasteiger partial charge in [-0.2, -0.15) is 0 Å². The van der Waals surface area contributed by atoms with Crippen LogP contribution < -0.4 is 5.32 Å². The summed E-state index contributed by atoms with van der Waals surface area (Å²) >= 11 is 5.70. The standard InChI is InChI=1S/C10H11ClN2O4/c11-8-6(1-4-17-8)9(14)13-3-2-12-5-7(13)10(15)16/h1,4,7,12H,2-3,5H2,(H,15,16). The first kappa shape index (κ1) is 11.9. The number of amides is 1. The van der Waals surface area contributed by atoms with E-state index in [4.69, 9.17) is 21.1 Å². The number of hydrogen-bond donors (Lipinski definition) is 2. The molecule has 0 spiro atoms. The quantitative estimate of drug-likeness (QED) is 0.804. The number of nitrogens with zero attached hydrogens (tertiary/aromatic N) is 1. The number of rotatable bonds is 2. The first-order valence-electron chi connectivity index (χ1n) is 5.08. The van der Waals surface area contributed by atoms with Gasteiger partial charge in [0.05, 0.1) is 11.8 Å². The number of carbonyl (C=O) groups is 2. The smallest absolute Gasteiger partial charge is 0.327 e. The van der Waals surface area contributed by atoms with Gasteiger partial charge in [-0.15, -0.1) is 0 Å². The second-order valence-electron chi connectivity index (χ2n) is 3.66. The van der Waals surface area contributed by atoms with Crippen molar-refractivity contribution in [3.8, 4) is 0 Å². The van der Waals surface area contributed by atoms with Crippen molar-refractivity contribution in [2.75, 3.05) is 19.6 Å². The zero-order valence-corrected chi connectivity index (χ0v) is 9.61. The van der Waals surface area contributed by atoms with E-state index in [1.165, 1.54) is 17.2 Å². The zero-order valence-electron chi connectivity index (χ0n) is 8.85.